The molecule has 0 radical (unpaired) electrons. The quantitative estimate of drug-likeness (QED) is 0.696. The molecule has 1 N–H and O–H groups in total. The van der Waals surface area contributed by atoms with Gasteiger partial charge in [0.1, 0.15) is 5.82 Å². The van der Waals surface area contributed by atoms with Gasteiger partial charge in [0.15, 0.2) is 5.65 Å². The average Bonchev–Trinajstić information content (AvgIpc) is 3.06. The molecular formula is C23H30N5+. The van der Waals surface area contributed by atoms with Crippen LogP contribution in [0.1, 0.15) is 25.2 Å². The molecule has 3 heterocycles. The van der Waals surface area contributed by atoms with Crippen molar-refractivity contribution in [1.82, 2.24) is 14.6 Å². The van der Waals surface area contributed by atoms with Crippen molar-refractivity contribution in [2.45, 2.75) is 27.2 Å². The Kier molecular flexibility index (Phi) is 5.18. The second kappa shape index (κ2) is 7.76. The van der Waals surface area contributed by atoms with Crippen LogP contribution in [0.2, 0.25) is 0 Å². The van der Waals surface area contributed by atoms with E-state index in [4.69, 9.17) is 10.1 Å². The number of hydrogen-bond acceptors (Lipinski definition) is 3. The number of piperazine rings is 1. The minimum Gasteiger partial charge on any atom is -0.345 e. The van der Waals surface area contributed by atoms with E-state index in [-0.39, 0.29) is 0 Å². The SMILES string of the molecule is C=C(C)C[NH+]1CCN(c2cc(C)nc3c(-c4ccccc4)c(CC)nn23)CC1. The Labute approximate surface area is 167 Å². The molecule has 1 saturated heterocycles. The zero-order valence-electron chi connectivity index (χ0n) is 17.2. The smallest absolute Gasteiger partial charge is 0.165 e. The van der Waals surface area contributed by atoms with E-state index in [2.05, 4.69) is 73.2 Å². The summed E-state index contributed by atoms with van der Waals surface area (Å²) in [4.78, 5) is 8.97. The maximum atomic E-state index is 4.98. The summed E-state index contributed by atoms with van der Waals surface area (Å²) in [5.74, 6) is 1.16. The van der Waals surface area contributed by atoms with Crippen LogP contribution >= 0.6 is 0 Å². The molecule has 0 bridgehead atoms. The van der Waals surface area contributed by atoms with Crippen molar-refractivity contribution in [2.24, 2.45) is 0 Å². The monoisotopic (exact) mass is 376 g/mol. The first-order chi connectivity index (χ1) is 13.6. The number of fused-ring (bicyclic) bond motifs is 1. The van der Waals surface area contributed by atoms with E-state index < -0.39 is 0 Å². The second-order valence-corrected chi connectivity index (χ2v) is 7.90. The van der Waals surface area contributed by atoms with E-state index in [0.717, 1.165) is 62.0 Å². The topological polar surface area (TPSA) is 37.9 Å². The number of rotatable bonds is 5. The van der Waals surface area contributed by atoms with Crippen molar-refractivity contribution in [3.05, 3.63) is 59.9 Å². The third-order valence-corrected chi connectivity index (χ3v) is 5.51. The third-order valence-electron chi connectivity index (χ3n) is 5.51. The van der Waals surface area contributed by atoms with E-state index >= 15 is 0 Å². The fraction of sp³-hybridized carbons (Fsp3) is 0.391. The Morgan fingerprint density at radius 3 is 2.54 bits per heavy atom. The normalized spacial score (nSPS) is 15.3. The molecule has 28 heavy (non-hydrogen) atoms. The van der Waals surface area contributed by atoms with Crippen molar-refractivity contribution in [2.75, 3.05) is 37.6 Å². The maximum Gasteiger partial charge on any atom is 0.165 e. The Balaban J connectivity index is 1.75. The predicted octanol–water partition coefficient (Wildman–Crippen LogP) is 2.55. The fourth-order valence-electron chi connectivity index (χ4n) is 4.19. The van der Waals surface area contributed by atoms with E-state index in [1.165, 1.54) is 16.7 Å². The van der Waals surface area contributed by atoms with Crippen LogP contribution in [0.5, 0.6) is 0 Å². The highest BCUT2D eigenvalue weighted by Gasteiger charge is 2.24. The lowest BCUT2D eigenvalue weighted by atomic mass is 10.0. The van der Waals surface area contributed by atoms with E-state index in [9.17, 15) is 0 Å². The Morgan fingerprint density at radius 1 is 1.18 bits per heavy atom. The highest BCUT2D eigenvalue weighted by atomic mass is 15.4. The van der Waals surface area contributed by atoms with Gasteiger partial charge >= 0.3 is 0 Å². The molecule has 0 spiro atoms. The number of benzene rings is 1. The number of anilines is 1. The molecule has 2 aromatic heterocycles. The first-order valence-electron chi connectivity index (χ1n) is 10.2. The molecule has 1 aliphatic heterocycles. The lowest BCUT2D eigenvalue weighted by Crippen LogP contribution is -3.15. The van der Waals surface area contributed by atoms with Gasteiger partial charge in [-0.1, -0.05) is 43.8 Å². The number of quaternary nitrogens is 1. The van der Waals surface area contributed by atoms with Gasteiger partial charge in [-0.3, -0.25) is 0 Å². The van der Waals surface area contributed by atoms with Gasteiger partial charge in [-0.15, -0.1) is 0 Å². The lowest BCUT2D eigenvalue weighted by molar-refractivity contribution is -0.895. The van der Waals surface area contributed by atoms with Gasteiger partial charge < -0.3 is 9.80 Å². The molecule has 146 valence electrons. The molecule has 5 nitrogen and oxygen atoms in total. The number of nitrogens with zero attached hydrogens (tertiary/aromatic N) is 4. The predicted molar refractivity (Wildman–Crippen MR) is 115 cm³/mol. The Bertz CT molecular complexity index is 981. The minimum atomic E-state index is 0.891. The van der Waals surface area contributed by atoms with Crippen molar-refractivity contribution in [3.8, 4) is 11.1 Å². The number of aromatic nitrogens is 3. The number of aryl methyl sites for hydroxylation is 2. The minimum absolute atomic E-state index is 0.891. The summed E-state index contributed by atoms with van der Waals surface area (Å²) < 4.78 is 2.07. The van der Waals surface area contributed by atoms with Crippen molar-refractivity contribution in [3.63, 3.8) is 0 Å². The molecule has 0 amide bonds. The highest BCUT2D eigenvalue weighted by molar-refractivity contribution is 5.81. The molecule has 5 heteroatoms. The van der Waals surface area contributed by atoms with Crippen molar-refractivity contribution in [1.29, 1.82) is 0 Å². The van der Waals surface area contributed by atoms with Crippen molar-refractivity contribution >= 4 is 11.5 Å². The second-order valence-electron chi connectivity index (χ2n) is 7.90. The van der Waals surface area contributed by atoms with E-state index in [1.54, 1.807) is 4.90 Å². The van der Waals surface area contributed by atoms with Crippen LogP contribution in [-0.2, 0) is 6.42 Å². The zero-order chi connectivity index (χ0) is 19.7. The number of nitrogens with one attached hydrogen (secondary N) is 1. The van der Waals surface area contributed by atoms with Crippen LogP contribution in [0.4, 0.5) is 5.82 Å². The van der Waals surface area contributed by atoms with Gasteiger partial charge in [0.25, 0.3) is 0 Å². The standard InChI is InChI=1S/C23H29N5/c1-5-20-22(19-9-7-6-8-10-19)23-24-18(4)15-21(28(23)25-20)27-13-11-26(12-14-27)16-17(2)3/h6-10,15H,2,5,11-14,16H2,1,3-4H3/p+1. The van der Waals surface area contributed by atoms with Gasteiger partial charge in [0, 0.05) is 17.3 Å². The Morgan fingerprint density at radius 2 is 1.89 bits per heavy atom. The van der Waals surface area contributed by atoms with Gasteiger partial charge in [-0.2, -0.15) is 9.61 Å². The molecule has 1 fully saturated rings. The summed E-state index contributed by atoms with van der Waals surface area (Å²) in [5, 5.41) is 4.98. The summed E-state index contributed by atoms with van der Waals surface area (Å²) in [7, 11) is 0. The molecule has 0 unspecified atom stereocenters. The van der Waals surface area contributed by atoms with E-state index in [1.807, 2.05) is 0 Å². The molecule has 3 aromatic rings. The van der Waals surface area contributed by atoms with Crippen LogP contribution in [0, 0.1) is 6.92 Å². The van der Waals surface area contributed by atoms with Gasteiger partial charge in [0.2, 0.25) is 0 Å². The summed E-state index contributed by atoms with van der Waals surface area (Å²) in [6, 6.07) is 12.7. The number of hydrogen-bond donors (Lipinski definition) is 1. The highest BCUT2D eigenvalue weighted by Crippen LogP contribution is 2.30. The van der Waals surface area contributed by atoms with Crippen LogP contribution < -0.4 is 9.80 Å². The maximum absolute atomic E-state index is 4.98. The van der Waals surface area contributed by atoms with Crippen LogP contribution in [0.15, 0.2) is 48.6 Å². The largest absolute Gasteiger partial charge is 0.345 e. The average molecular weight is 377 g/mol. The fourth-order valence-corrected chi connectivity index (χ4v) is 4.19. The molecular weight excluding hydrogens is 346 g/mol. The Hall–Kier alpha value is -2.66. The molecule has 0 saturated carbocycles. The first-order valence-corrected chi connectivity index (χ1v) is 10.2. The van der Waals surface area contributed by atoms with Crippen LogP contribution in [0.25, 0.3) is 16.8 Å². The molecule has 1 aliphatic rings. The molecule has 1 aromatic carbocycles. The summed E-state index contributed by atoms with van der Waals surface area (Å²) >= 11 is 0. The van der Waals surface area contributed by atoms with Gasteiger partial charge in [-0.05, 0) is 31.4 Å². The summed E-state index contributed by atoms with van der Waals surface area (Å²) in [6.45, 7) is 15.8. The lowest BCUT2D eigenvalue weighted by Gasteiger charge is -2.33. The van der Waals surface area contributed by atoms with Crippen LogP contribution in [0.3, 0.4) is 0 Å². The summed E-state index contributed by atoms with van der Waals surface area (Å²) in [5.41, 5.74) is 6.73. The molecule has 0 atom stereocenters. The van der Waals surface area contributed by atoms with Crippen LogP contribution in [-0.4, -0.2) is 47.3 Å². The molecule has 4 rings (SSSR count). The molecule has 0 aliphatic carbocycles. The first kappa shape index (κ1) is 18.7. The summed E-state index contributed by atoms with van der Waals surface area (Å²) in [6.07, 6.45) is 0.891. The van der Waals surface area contributed by atoms with E-state index in [0.29, 0.717) is 0 Å². The van der Waals surface area contributed by atoms with Gasteiger partial charge in [-0.25, -0.2) is 4.98 Å². The zero-order valence-corrected chi connectivity index (χ0v) is 17.2. The van der Waals surface area contributed by atoms with Gasteiger partial charge in [0.05, 0.1) is 38.4 Å². The van der Waals surface area contributed by atoms with Crippen molar-refractivity contribution < 1.29 is 4.90 Å². The third kappa shape index (κ3) is 3.54.